The van der Waals surface area contributed by atoms with Gasteiger partial charge in [-0.3, -0.25) is 4.79 Å². The standard InChI is InChI=1S/C15H18N2O2/c1-11-8-12(4-6-14(11)19-3)9-16-13-5-7-15(18)17(2)10-13/h4-8,10,16H,9H2,1-3H3. The van der Waals surface area contributed by atoms with Gasteiger partial charge in [-0.15, -0.1) is 0 Å². The second kappa shape index (κ2) is 5.61. The number of anilines is 1. The molecule has 0 saturated carbocycles. The van der Waals surface area contributed by atoms with Crippen LogP contribution in [0.25, 0.3) is 0 Å². The van der Waals surface area contributed by atoms with Gasteiger partial charge in [0, 0.05) is 25.9 Å². The lowest BCUT2D eigenvalue weighted by atomic mass is 10.1. The molecule has 1 aromatic heterocycles. The Labute approximate surface area is 112 Å². The normalized spacial score (nSPS) is 10.3. The summed E-state index contributed by atoms with van der Waals surface area (Å²) in [5, 5.41) is 3.29. The number of benzene rings is 1. The summed E-state index contributed by atoms with van der Waals surface area (Å²) in [4.78, 5) is 11.3. The van der Waals surface area contributed by atoms with Gasteiger partial charge in [-0.25, -0.2) is 0 Å². The van der Waals surface area contributed by atoms with Gasteiger partial charge in [0.05, 0.1) is 12.8 Å². The molecule has 4 nitrogen and oxygen atoms in total. The Bertz CT molecular complexity index is 632. The number of nitrogens with one attached hydrogen (secondary N) is 1. The Morgan fingerprint density at radius 3 is 2.68 bits per heavy atom. The van der Waals surface area contributed by atoms with E-state index in [1.54, 1.807) is 37.1 Å². The van der Waals surface area contributed by atoms with Crippen molar-refractivity contribution in [2.24, 2.45) is 7.05 Å². The summed E-state index contributed by atoms with van der Waals surface area (Å²) in [5.41, 5.74) is 3.20. The number of nitrogens with zero attached hydrogens (tertiary/aromatic N) is 1. The molecule has 0 unspecified atom stereocenters. The summed E-state index contributed by atoms with van der Waals surface area (Å²) in [5.74, 6) is 0.894. The van der Waals surface area contributed by atoms with Gasteiger partial charge in [0.2, 0.25) is 5.56 Å². The molecule has 0 aliphatic carbocycles. The topological polar surface area (TPSA) is 43.3 Å². The van der Waals surface area contributed by atoms with Crippen molar-refractivity contribution in [1.29, 1.82) is 0 Å². The third-order valence-corrected chi connectivity index (χ3v) is 3.04. The fraction of sp³-hybridized carbons (Fsp3) is 0.267. The van der Waals surface area contributed by atoms with Crippen LogP contribution in [0.4, 0.5) is 5.69 Å². The van der Waals surface area contributed by atoms with E-state index in [-0.39, 0.29) is 5.56 Å². The number of hydrogen-bond acceptors (Lipinski definition) is 3. The highest BCUT2D eigenvalue weighted by Gasteiger charge is 2.00. The molecule has 19 heavy (non-hydrogen) atoms. The van der Waals surface area contributed by atoms with Crippen LogP contribution in [0.15, 0.2) is 41.3 Å². The monoisotopic (exact) mass is 258 g/mol. The van der Waals surface area contributed by atoms with E-state index in [0.29, 0.717) is 6.54 Å². The van der Waals surface area contributed by atoms with Gasteiger partial charge < -0.3 is 14.6 Å². The molecular weight excluding hydrogens is 240 g/mol. The van der Waals surface area contributed by atoms with E-state index in [1.807, 2.05) is 19.1 Å². The van der Waals surface area contributed by atoms with E-state index >= 15 is 0 Å². The molecule has 4 heteroatoms. The Balaban J connectivity index is 2.08. The van der Waals surface area contributed by atoms with Crippen LogP contribution in [0.1, 0.15) is 11.1 Å². The Hall–Kier alpha value is -2.23. The average Bonchev–Trinajstić information content (AvgIpc) is 2.40. The first-order valence-corrected chi connectivity index (χ1v) is 6.14. The maximum absolute atomic E-state index is 11.3. The number of aromatic nitrogens is 1. The van der Waals surface area contributed by atoms with Crippen LogP contribution in [-0.4, -0.2) is 11.7 Å². The van der Waals surface area contributed by atoms with Crippen LogP contribution in [0, 0.1) is 6.92 Å². The van der Waals surface area contributed by atoms with Crippen molar-refractivity contribution in [1.82, 2.24) is 4.57 Å². The minimum absolute atomic E-state index is 0.00848. The molecule has 1 aromatic carbocycles. The average molecular weight is 258 g/mol. The first-order chi connectivity index (χ1) is 9.10. The van der Waals surface area contributed by atoms with E-state index in [9.17, 15) is 4.79 Å². The van der Waals surface area contributed by atoms with Crippen LogP contribution >= 0.6 is 0 Å². The summed E-state index contributed by atoms with van der Waals surface area (Å²) in [7, 11) is 3.41. The van der Waals surface area contributed by atoms with Crippen LogP contribution in [0.5, 0.6) is 5.75 Å². The summed E-state index contributed by atoms with van der Waals surface area (Å²) < 4.78 is 6.79. The van der Waals surface area contributed by atoms with Crippen molar-refractivity contribution >= 4 is 5.69 Å². The van der Waals surface area contributed by atoms with Crippen LogP contribution in [0.2, 0.25) is 0 Å². The molecule has 0 aliphatic rings. The second-order valence-corrected chi connectivity index (χ2v) is 4.52. The summed E-state index contributed by atoms with van der Waals surface area (Å²) in [6.07, 6.45) is 1.79. The quantitative estimate of drug-likeness (QED) is 0.915. The molecule has 0 saturated heterocycles. The van der Waals surface area contributed by atoms with E-state index in [4.69, 9.17) is 4.74 Å². The molecule has 0 fully saturated rings. The Kier molecular flexibility index (Phi) is 3.90. The SMILES string of the molecule is COc1ccc(CNc2ccc(=O)n(C)c2)cc1C. The molecular formula is C15H18N2O2. The van der Waals surface area contributed by atoms with Gasteiger partial charge in [0.25, 0.3) is 0 Å². The van der Waals surface area contributed by atoms with Crippen LogP contribution < -0.4 is 15.6 Å². The number of ether oxygens (including phenoxy) is 1. The molecule has 0 atom stereocenters. The zero-order valence-electron chi connectivity index (χ0n) is 11.4. The smallest absolute Gasteiger partial charge is 0.250 e. The molecule has 0 aliphatic heterocycles. The highest BCUT2D eigenvalue weighted by atomic mass is 16.5. The lowest BCUT2D eigenvalue weighted by molar-refractivity contribution is 0.411. The minimum atomic E-state index is -0.00848. The number of hydrogen-bond donors (Lipinski definition) is 1. The lowest BCUT2D eigenvalue weighted by Gasteiger charge is -2.10. The van der Waals surface area contributed by atoms with Crippen molar-refractivity contribution in [2.75, 3.05) is 12.4 Å². The Morgan fingerprint density at radius 2 is 2.05 bits per heavy atom. The van der Waals surface area contributed by atoms with Gasteiger partial charge in [-0.1, -0.05) is 12.1 Å². The molecule has 0 radical (unpaired) electrons. The third kappa shape index (κ3) is 3.16. The number of aryl methyl sites for hydroxylation is 2. The number of rotatable bonds is 4. The molecule has 2 aromatic rings. The summed E-state index contributed by atoms with van der Waals surface area (Å²) in [6.45, 7) is 2.73. The highest BCUT2D eigenvalue weighted by Crippen LogP contribution is 2.19. The van der Waals surface area contributed by atoms with Gasteiger partial charge >= 0.3 is 0 Å². The fourth-order valence-corrected chi connectivity index (χ4v) is 1.95. The summed E-state index contributed by atoms with van der Waals surface area (Å²) >= 11 is 0. The van der Waals surface area contributed by atoms with Crippen molar-refractivity contribution in [3.05, 3.63) is 58.0 Å². The predicted molar refractivity (Wildman–Crippen MR) is 76.7 cm³/mol. The Morgan fingerprint density at radius 1 is 1.26 bits per heavy atom. The molecule has 0 bridgehead atoms. The van der Waals surface area contributed by atoms with E-state index < -0.39 is 0 Å². The van der Waals surface area contributed by atoms with Crippen LogP contribution in [-0.2, 0) is 13.6 Å². The molecule has 2 rings (SSSR count). The van der Waals surface area contributed by atoms with E-state index in [2.05, 4.69) is 11.4 Å². The first-order valence-electron chi connectivity index (χ1n) is 6.14. The third-order valence-electron chi connectivity index (χ3n) is 3.04. The molecule has 100 valence electrons. The lowest BCUT2D eigenvalue weighted by Crippen LogP contribution is -2.15. The van der Waals surface area contributed by atoms with Crippen molar-refractivity contribution in [2.45, 2.75) is 13.5 Å². The largest absolute Gasteiger partial charge is 0.496 e. The second-order valence-electron chi connectivity index (χ2n) is 4.52. The van der Waals surface area contributed by atoms with E-state index in [0.717, 1.165) is 17.0 Å². The van der Waals surface area contributed by atoms with Gasteiger partial charge in [0.15, 0.2) is 0 Å². The van der Waals surface area contributed by atoms with Gasteiger partial charge in [-0.2, -0.15) is 0 Å². The predicted octanol–water partition coefficient (Wildman–Crippen LogP) is 2.31. The highest BCUT2D eigenvalue weighted by molar-refractivity contribution is 5.42. The molecule has 0 spiro atoms. The first kappa shape index (κ1) is 13.2. The number of methoxy groups -OCH3 is 1. The van der Waals surface area contributed by atoms with Crippen molar-refractivity contribution < 1.29 is 4.74 Å². The van der Waals surface area contributed by atoms with Crippen molar-refractivity contribution in [3.63, 3.8) is 0 Å². The minimum Gasteiger partial charge on any atom is -0.496 e. The number of pyridine rings is 1. The van der Waals surface area contributed by atoms with E-state index in [1.165, 1.54) is 5.56 Å². The summed E-state index contributed by atoms with van der Waals surface area (Å²) in [6, 6.07) is 9.43. The molecule has 1 N–H and O–H groups in total. The fourth-order valence-electron chi connectivity index (χ4n) is 1.95. The zero-order chi connectivity index (χ0) is 13.8. The maximum Gasteiger partial charge on any atom is 0.250 e. The van der Waals surface area contributed by atoms with Crippen LogP contribution in [0.3, 0.4) is 0 Å². The molecule has 0 amide bonds. The maximum atomic E-state index is 11.3. The van der Waals surface area contributed by atoms with Crippen molar-refractivity contribution in [3.8, 4) is 5.75 Å². The zero-order valence-corrected chi connectivity index (χ0v) is 11.4. The molecule has 1 heterocycles. The van der Waals surface area contributed by atoms with Gasteiger partial charge in [0.1, 0.15) is 5.75 Å². The van der Waals surface area contributed by atoms with Gasteiger partial charge in [-0.05, 0) is 30.2 Å².